The van der Waals surface area contributed by atoms with Gasteiger partial charge in [0.05, 0.1) is 0 Å². The van der Waals surface area contributed by atoms with Crippen LogP contribution in [0.15, 0.2) is 23.7 Å². The van der Waals surface area contributed by atoms with E-state index in [9.17, 15) is 0 Å². The van der Waals surface area contributed by atoms with Crippen LogP contribution in [0, 0.1) is 29.6 Å². The fraction of sp³-hybridized carbons (Fsp3) is 0.879. The van der Waals surface area contributed by atoms with Crippen LogP contribution < -0.4 is 0 Å². The van der Waals surface area contributed by atoms with E-state index in [4.69, 9.17) is 9.47 Å². The number of hydrogen-bond acceptors (Lipinski definition) is 2. The first kappa shape index (κ1) is 28.6. The van der Waals surface area contributed by atoms with Crippen LogP contribution in [-0.4, -0.2) is 6.29 Å². The van der Waals surface area contributed by atoms with Gasteiger partial charge in [0.2, 0.25) is 0 Å². The van der Waals surface area contributed by atoms with E-state index in [1.54, 1.807) is 0 Å². The maximum atomic E-state index is 6.58. The van der Waals surface area contributed by atoms with Crippen molar-refractivity contribution >= 4 is 0 Å². The topological polar surface area (TPSA) is 18.5 Å². The highest BCUT2D eigenvalue weighted by Crippen LogP contribution is 2.44. The molecule has 0 radical (unpaired) electrons. The third-order valence-electron chi connectivity index (χ3n) is 9.06. The average Bonchev–Trinajstić information content (AvgIpc) is 3.31. The second-order valence-corrected chi connectivity index (χ2v) is 13.0. The Morgan fingerprint density at radius 1 is 0.657 bits per heavy atom. The summed E-state index contributed by atoms with van der Waals surface area (Å²) < 4.78 is 13.2. The van der Waals surface area contributed by atoms with Crippen molar-refractivity contribution in [3.63, 3.8) is 0 Å². The van der Waals surface area contributed by atoms with Crippen molar-refractivity contribution in [2.75, 3.05) is 0 Å². The van der Waals surface area contributed by atoms with E-state index in [0.29, 0.717) is 11.8 Å². The maximum Gasteiger partial charge on any atom is 0.262 e. The molecule has 1 unspecified atom stereocenters. The van der Waals surface area contributed by atoms with Crippen molar-refractivity contribution in [1.82, 2.24) is 0 Å². The molecule has 0 aromatic heterocycles. The zero-order valence-electron chi connectivity index (χ0n) is 23.9. The van der Waals surface area contributed by atoms with Crippen LogP contribution in [-0.2, 0) is 9.47 Å². The van der Waals surface area contributed by atoms with Crippen molar-refractivity contribution in [1.29, 1.82) is 0 Å². The standard InChI is InChI=1S/C33H58O2/c1-25(2)15-12-16-26(3)17-13-18-27(4)19-14-20-28(5)33-34-31(29-21-8-6-9-22-29)32(35-33)30-23-10-7-11-24-30/h25-27,29-30,33H,5-24H2,1-4H3/t26?,27-/m1/s1. The summed E-state index contributed by atoms with van der Waals surface area (Å²) in [7, 11) is 0. The van der Waals surface area contributed by atoms with Crippen LogP contribution in [0.1, 0.15) is 150 Å². The number of hydrogen-bond donors (Lipinski definition) is 0. The number of ether oxygens (including phenoxy) is 2. The van der Waals surface area contributed by atoms with E-state index in [1.807, 2.05) is 0 Å². The summed E-state index contributed by atoms with van der Waals surface area (Å²) in [5.74, 6) is 6.20. The van der Waals surface area contributed by atoms with E-state index in [2.05, 4.69) is 34.3 Å². The molecular weight excluding hydrogens is 428 g/mol. The lowest BCUT2D eigenvalue weighted by Crippen LogP contribution is -2.15. The highest BCUT2D eigenvalue weighted by molar-refractivity contribution is 5.18. The Bertz CT molecular complexity index is 605. The molecule has 1 aliphatic heterocycles. The van der Waals surface area contributed by atoms with E-state index < -0.39 is 0 Å². The van der Waals surface area contributed by atoms with Crippen molar-refractivity contribution < 1.29 is 9.47 Å². The summed E-state index contributed by atoms with van der Waals surface area (Å²) in [6.07, 6.45) is 25.0. The molecule has 202 valence electrons. The first-order valence-electron chi connectivity index (χ1n) is 15.7. The van der Waals surface area contributed by atoms with Crippen molar-refractivity contribution in [2.24, 2.45) is 29.6 Å². The predicted molar refractivity (Wildman–Crippen MR) is 150 cm³/mol. The molecule has 0 amide bonds. The summed E-state index contributed by atoms with van der Waals surface area (Å²) >= 11 is 0. The van der Waals surface area contributed by atoms with Crippen LogP contribution in [0.25, 0.3) is 0 Å². The summed E-state index contributed by atoms with van der Waals surface area (Å²) in [6.45, 7) is 14.0. The Morgan fingerprint density at radius 3 is 1.54 bits per heavy atom. The molecule has 2 fully saturated rings. The summed E-state index contributed by atoms with van der Waals surface area (Å²) in [6, 6.07) is 0. The zero-order chi connectivity index (χ0) is 25.0. The highest BCUT2D eigenvalue weighted by atomic mass is 16.7. The fourth-order valence-electron chi connectivity index (χ4n) is 6.64. The summed E-state index contributed by atoms with van der Waals surface area (Å²) in [5.41, 5.74) is 1.16. The lowest BCUT2D eigenvalue weighted by Gasteiger charge is -2.25. The van der Waals surface area contributed by atoms with Crippen molar-refractivity contribution in [3.8, 4) is 0 Å². The summed E-state index contributed by atoms with van der Waals surface area (Å²) in [5, 5.41) is 0. The number of allylic oxidation sites excluding steroid dienone is 2. The molecule has 2 nitrogen and oxygen atoms in total. The normalized spacial score (nSPS) is 22.3. The molecule has 0 saturated heterocycles. The highest BCUT2D eigenvalue weighted by Gasteiger charge is 2.37. The Labute approximate surface area is 218 Å². The van der Waals surface area contributed by atoms with Crippen molar-refractivity contribution in [2.45, 2.75) is 156 Å². The SMILES string of the molecule is C=C(CCC[C@H](C)CCCC(C)CCCC(C)C)C1OC(C2CCCCC2)=C(C2CCCCC2)O1. The van der Waals surface area contributed by atoms with Gasteiger partial charge in [0.15, 0.2) is 0 Å². The second-order valence-electron chi connectivity index (χ2n) is 13.0. The molecule has 2 heteroatoms. The Morgan fingerprint density at radius 2 is 1.09 bits per heavy atom. The van der Waals surface area contributed by atoms with Crippen LogP contribution in [0.2, 0.25) is 0 Å². The van der Waals surface area contributed by atoms with Crippen LogP contribution in [0.3, 0.4) is 0 Å². The molecule has 0 bridgehead atoms. The molecule has 0 spiro atoms. The lowest BCUT2D eigenvalue weighted by molar-refractivity contribution is -0.0248. The van der Waals surface area contributed by atoms with E-state index >= 15 is 0 Å². The van der Waals surface area contributed by atoms with Gasteiger partial charge < -0.3 is 9.47 Å². The maximum absolute atomic E-state index is 6.58. The van der Waals surface area contributed by atoms with Gasteiger partial charge in [0.1, 0.15) is 11.5 Å². The first-order chi connectivity index (χ1) is 16.9. The van der Waals surface area contributed by atoms with Gasteiger partial charge in [0.25, 0.3) is 6.29 Å². The van der Waals surface area contributed by atoms with Gasteiger partial charge >= 0.3 is 0 Å². The smallest absolute Gasteiger partial charge is 0.262 e. The summed E-state index contributed by atoms with van der Waals surface area (Å²) in [4.78, 5) is 0. The van der Waals surface area contributed by atoms with E-state index in [0.717, 1.165) is 29.7 Å². The van der Waals surface area contributed by atoms with Gasteiger partial charge in [-0.25, -0.2) is 0 Å². The van der Waals surface area contributed by atoms with E-state index in [1.165, 1.54) is 127 Å². The zero-order valence-corrected chi connectivity index (χ0v) is 23.9. The molecule has 2 aliphatic carbocycles. The average molecular weight is 487 g/mol. The molecule has 0 aromatic carbocycles. The van der Waals surface area contributed by atoms with Gasteiger partial charge in [-0.1, -0.05) is 118 Å². The molecule has 0 aromatic rings. The van der Waals surface area contributed by atoms with E-state index in [-0.39, 0.29) is 6.29 Å². The monoisotopic (exact) mass is 486 g/mol. The molecule has 1 heterocycles. The van der Waals surface area contributed by atoms with Crippen LogP contribution in [0.5, 0.6) is 0 Å². The molecule has 2 saturated carbocycles. The molecule has 3 rings (SSSR count). The first-order valence-corrected chi connectivity index (χ1v) is 15.7. The third-order valence-corrected chi connectivity index (χ3v) is 9.06. The third kappa shape index (κ3) is 9.81. The minimum absolute atomic E-state index is 0.217. The van der Waals surface area contributed by atoms with Gasteiger partial charge in [-0.3, -0.25) is 0 Å². The van der Waals surface area contributed by atoms with Gasteiger partial charge in [-0.2, -0.15) is 0 Å². The predicted octanol–water partition coefficient (Wildman–Crippen LogP) is 10.7. The molecular formula is C33H58O2. The molecule has 3 aliphatic rings. The fourth-order valence-corrected chi connectivity index (χ4v) is 6.64. The van der Waals surface area contributed by atoms with Crippen molar-refractivity contribution in [3.05, 3.63) is 23.7 Å². The van der Waals surface area contributed by atoms with Crippen LogP contribution in [0.4, 0.5) is 0 Å². The Balaban J connectivity index is 1.36. The van der Waals surface area contributed by atoms with Gasteiger partial charge in [0, 0.05) is 17.4 Å². The lowest BCUT2D eigenvalue weighted by atomic mass is 9.83. The van der Waals surface area contributed by atoms with Crippen LogP contribution >= 0.6 is 0 Å². The Hall–Kier alpha value is -0.920. The second kappa shape index (κ2) is 15.4. The molecule has 0 N–H and O–H groups in total. The molecule has 2 atom stereocenters. The minimum atomic E-state index is -0.217. The molecule has 35 heavy (non-hydrogen) atoms. The number of rotatable bonds is 15. The largest absolute Gasteiger partial charge is 0.452 e. The minimum Gasteiger partial charge on any atom is -0.452 e. The quantitative estimate of drug-likeness (QED) is 0.214. The van der Waals surface area contributed by atoms with Gasteiger partial charge in [-0.05, 0) is 56.3 Å². The Kier molecular flexibility index (Phi) is 12.6. The van der Waals surface area contributed by atoms with Gasteiger partial charge in [-0.15, -0.1) is 0 Å².